The Balaban J connectivity index is 2.36. The summed E-state index contributed by atoms with van der Waals surface area (Å²) < 4.78 is 0. The van der Waals surface area contributed by atoms with E-state index in [0.717, 1.165) is 6.42 Å². The van der Waals surface area contributed by atoms with Crippen LogP contribution in [-0.2, 0) is 11.2 Å². The molecule has 0 heterocycles. The standard InChI is InChI=1S/C12H18N2O2/c1-9-4-2-3-5-10(9)6-7-14-12(16)11(15)8-13/h2-5,11,15H,6-8,13H2,1H3,(H,14,16). The summed E-state index contributed by atoms with van der Waals surface area (Å²) >= 11 is 0. The van der Waals surface area contributed by atoms with E-state index in [9.17, 15) is 4.79 Å². The molecule has 4 N–H and O–H groups in total. The van der Waals surface area contributed by atoms with Crippen molar-refractivity contribution in [3.8, 4) is 0 Å². The smallest absolute Gasteiger partial charge is 0.250 e. The van der Waals surface area contributed by atoms with Gasteiger partial charge in [0.25, 0.3) is 0 Å². The molecule has 1 aromatic carbocycles. The quantitative estimate of drug-likeness (QED) is 0.655. The summed E-state index contributed by atoms with van der Waals surface area (Å²) in [6.07, 6.45) is -0.340. The SMILES string of the molecule is Cc1ccccc1CCNC(=O)C(O)CN. The third-order valence-electron chi connectivity index (χ3n) is 2.48. The van der Waals surface area contributed by atoms with Crippen molar-refractivity contribution >= 4 is 5.91 Å². The second-order valence-corrected chi connectivity index (χ2v) is 3.72. The molecule has 0 saturated carbocycles. The highest BCUT2D eigenvalue weighted by molar-refractivity contribution is 5.80. The zero-order valence-corrected chi connectivity index (χ0v) is 9.44. The molecule has 1 amide bonds. The van der Waals surface area contributed by atoms with Gasteiger partial charge in [0.05, 0.1) is 0 Å². The van der Waals surface area contributed by atoms with Gasteiger partial charge >= 0.3 is 0 Å². The number of rotatable bonds is 5. The molecule has 0 aliphatic heterocycles. The Morgan fingerprint density at radius 3 is 2.81 bits per heavy atom. The molecule has 0 saturated heterocycles. The van der Waals surface area contributed by atoms with Crippen LogP contribution in [0.2, 0.25) is 0 Å². The lowest BCUT2D eigenvalue weighted by atomic mass is 10.1. The predicted molar refractivity (Wildman–Crippen MR) is 63.0 cm³/mol. The maximum absolute atomic E-state index is 11.2. The molecule has 1 unspecified atom stereocenters. The third kappa shape index (κ3) is 3.64. The lowest BCUT2D eigenvalue weighted by Crippen LogP contribution is -2.40. The Bertz CT molecular complexity index is 353. The average molecular weight is 222 g/mol. The number of hydrogen-bond acceptors (Lipinski definition) is 3. The summed E-state index contributed by atoms with van der Waals surface area (Å²) in [7, 11) is 0. The van der Waals surface area contributed by atoms with Crippen LogP contribution < -0.4 is 11.1 Å². The van der Waals surface area contributed by atoms with Crippen LogP contribution in [0.4, 0.5) is 0 Å². The fourth-order valence-corrected chi connectivity index (χ4v) is 1.44. The first-order valence-corrected chi connectivity index (χ1v) is 5.35. The van der Waals surface area contributed by atoms with Gasteiger partial charge in [0, 0.05) is 13.1 Å². The lowest BCUT2D eigenvalue weighted by Gasteiger charge is -2.10. The molecule has 0 fully saturated rings. The molecule has 88 valence electrons. The van der Waals surface area contributed by atoms with Crippen LogP contribution in [0.3, 0.4) is 0 Å². The molecule has 1 aromatic rings. The Labute approximate surface area is 95.5 Å². The minimum absolute atomic E-state index is 0.0454. The number of carbonyl (C=O) groups excluding carboxylic acids is 1. The third-order valence-corrected chi connectivity index (χ3v) is 2.48. The van der Waals surface area contributed by atoms with Gasteiger partial charge in [0.1, 0.15) is 6.10 Å². The number of nitrogens with one attached hydrogen (secondary N) is 1. The molecule has 0 spiro atoms. The molecule has 0 bridgehead atoms. The first kappa shape index (κ1) is 12.7. The van der Waals surface area contributed by atoms with E-state index in [1.807, 2.05) is 31.2 Å². The summed E-state index contributed by atoms with van der Waals surface area (Å²) in [5.41, 5.74) is 7.57. The van der Waals surface area contributed by atoms with E-state index in [1.54, 1.807) is 0 Å². The molecule has 0 aliphatic rings. The Kier molecular flexibility index (Phi) is 4.95. The van der Waals surface area contributed by atoms with Crippen molar-refractivity contribution in [1.29, 1.82) is 0 Å². The zero-order chi connectivity index (χ0) is 12.0. The molecule has 1 atom stereocenters. The van der Waals surface area contributed by atoms with E-state index < -0.39 is 12.0 Å². The van der Waals surface area contributed by atoms with Crippen LogP contribution >= 0.6 is 0 Å². The fraction of sp³-hybridized carbons (Fsp3) is 0.417. The van der Waals surface area contributed by atoms with E-state index in [1.165, 1.54) is 11.1 Å². The number of aryl methyl sites for hydroxylation is 1. The Morgan fingerprint density at radius 1 is 1.50 bits per heavy atom. The van der Waals surface area contributed by atoms with Gasteiger partial charge in [0.2, 0.25) is 5.91 Å². The maximum atomic E-state index is 11.2. The van der Waals surface area contributed by atoms with Crippen molar-refractivity contribution in [2.24, 2.45) is 5.73 Å². The molecule has 4 heteroatoms. The molecule has 1 rings (SSSR count). The van der Waals surface area contributed by atoms with Gasteiger partial charge in [-0.25, -0.2) is 0 Å². The highest BCUT2D eigenvalue weighted by Gasteiger charge is 2.11. The molecule has 0 radical (unpaired) electrons. The molecular formula is C12H18N2O2. The van der Waals surface area contributed by atoms with Crippen LogP contribution in [0.25, 0.3) is 0 Å². The largest absolute Gasteiger partial charge is 0.382 e. The van der Waals surface area contributed by atoms with E-state index >= 15 is 0 Å². The number of nitrogens with two attached hydrogens (primary N) is 1. The number of aliphatic hydroxyl groups is 1. The van der Waals surface area contributed by atoms with Gasteiger partial charge in [0.15, 0.2) is 0 Å². The molecule has 16 heavy (non-hydrogen) atoms. The van der Waals surface area contributed by atoms with E-state index in [2.05, 4.69) is 5.32 Å². The van der Waals surface area contributed by atoms with Crippen LogP contribution in [0.5, 0.6) is 0 Å². The van der Waals surface area contributed by atoms with Gasteiger partial charge in [-0.15, -0.1) is 0 Å². The number of amides is 1. The summed E-state index contributed by atoms with van der Waals surface area (Å²) in [6.45, 7) is 2.50. The van der Waals surface area contributed by atoms with Crippen molar-refractivity contribution < 1.29 is 9.90 Å². The van der Waals surface area contributed by atoms with Gasteiger partial charge in [-0.3, -0.25) is 4.79 Å². The van der Waals surface area contributed by atoms with Crippen LogP contribution in [-0.4, -0.2) is 30.2 Å². The first-order chi connectivity index (χ1) is 7.65. The topological polar surface area (TPSA) is 75.3 Å². The number of aliphatic hydroxyl groups excluding tert-OH is 1. The number of benzene rings is 1. The van der Waals surface area contributed by atoms with Crippen LogP contribution in [0.1, 0.15) is 11.1 Å². The van der Waals surface area contributed by atoms with E-state index in [0.29, 0.717) is 6.54 Å². The van der Waals surface area contributed by atoms with Crippen LogP contribution in [0, 0.1) is 6.92 Å². The zero-order valence-electron chi connectivity index (χ0n) is 9.44. The van der Waals surface area contributed by atoms with Gasteiger partial charge in [-0.1, -0.05) is 24.3 Å². The van der Waals surface area contributed by atoms with Crippen molar-refractivity contribution in [2.45, 2.75) is 19.4 Å². The summed E-state index contributed by atoms with van der Waals surface area (Å²) in [6, 6.07) is 8.02. The molecule has 0 aromatic heterocycles. The highest BCUT2D eigenvalue weighted by Crippen LogP contribution is 2.06. The van der Waals surface area contributed by atoms with E-state index in [4.69, 9.17) is 10.8 Å². The highest BCUT2D eigenvalue weighted by atomic mass is 16.3. The monoisotopic (exact) mass is 222 g/mol. The van der Waals surface area contributed by atoms with Crippen molar-refractivity contribution in [1.82, 2.24) is 5.32 Å². The minimum atomic E-state index is -1.10. The second kappa shape index (κ2) is 6.25. The van der Waals surface area contributed by atoms with E-state index in [-0.39, 0.29) is 6.54 Å². The normalized spacial score (nSPS) is 12.2. The summed E-state index contributed by atoms with van der Waals surface area (Å²) in [5.74, 6) is -0.406. The van der Waals surface area contributed by atoms with Gasteiger partial charge in [-0.05, 0) is 24.5 Å². The first-order valence-electron chi connectivity index (χ1n) is 5.35. The van der Waals surface area contributed by atoms with Crippen molar-refractivity contribution in [3.63, 3.8) is 0 Å². The minimum Gasteiger partial charge on any atom is -0.382 e. The number of hydrogen-bond donors (Lipinski definition) is 3. The summed E-state index contributed by atoms with van der Waals surface area (Å²) in [4.78, 5) is 11.2. The fourth-order valence-electron chi connectivity index (χ4n) is 1.44. The molecule has 4 nitrogen and oxygen atoms in total. The average Bonchev–Trinajstić information content (AvgIpc) is 2.30. The Hall–Kier alpha value is -1.39. The van der Waals surface area contributed by atoms with Crippen molar-refractivity contribution in [3.05, 3.63) is 35.4 Å². The van der Waals surface area contributed by atoms with Gasteiger partial charge < -0.3 is 16.2 Å². The predicted octanol–water partition coefficient (Wildman–Crippen LogP) is -0.0267. The second-order valence-electron chi connectivity index (χ2n) is 3.72. The molecule has 0 aliphatic carbocycles. The molecular weight excluding hydrogens is 204 g/mol. The van der Waals surface area contributed by atoms with Crippen molar-refractivity contribution in [2.75, 3.05) is 13.1 Å². The maximum Gasteiger partial charge on any atom is 0.250 e. The summed E-state index contributed by atoms with van der Waals surface area (Å²) in [5, 5.41) is 11.8. The number of carbonyl (C=O) groups is 1. The van der Waals surface area contributed by atoms with Crippen LogP contribution in [0.15, 0.2) is 24.3 Å². The Morgan fingerprint density at radius 2 is 2.19 bits per heavy atom. The lowest BCUT2D eigenvalue weighted by molar-refractivity contribution is -0.128. The van der Waals surface area contributed by atoms with Gasteiger partial charge in [-0.2, -0.15) is 0 Å².